The van der Waals surface area contributed by atoms with Gasteiger partial charge in [0, 0.05) is 12.1 Å². The Morgan fingerprint density at radius 1 is 1.35 bits per heavy atom. The van der Waals surface area contributed by atoms with Crippen LogP contribution in [0.5, 0.6) is 0 Å². The molecule has 1 rings (SSSR count). The van der Waals surface area contributed by atoms with E-state index in [2.05, 4.69) is 9.97 Å². The Bertz CT molecular complexity index is 490. The van der Waals surface area contributed by atoms with Crippen LogP contribution in [0, 0.1) is 0 Å². The summed E-state index contributed by atoms with van der Waals surface area (Å²) in [6.45, 7) is 0. The number of hydrogen-bond acceptors (Lipinski definition) is 4. The molecule has 0 amide bonds. The minimum absolute atomic E-state index is 0.0954. The molecule has 4 nitrogen and oxygen atoms in total. The molecule has 96 valence electrons. The Kier molecular flexibility index (Phi) is 4.31. The summed E-state index contributed by atoms with van der Waals surface area (Å²) in [5.74, 6) is -0.282. The second-order valence-electron chi connectivity index (χ2n) is 3.08. The molecule has 0 unspecified atom stereocenters. The van der Waals surface area contributed by atoms with Crippen LogP contribution in [0.2, 0.25) is 0 Å². The number of alkyl halides is 4. The second-order valence-corrected chi connectivity index (χ2v) is 5.46. The molecule has 0 aliphatic rings. The predicted molar refractivity (Wildman–Crippen MR) is 54.4 cm³/mol. The molecule has 0 aliphatic heterocycles. The summed E-state index contributed by atoms with van der Waals surface area (Å²) in [6, 6.07) is 0.612. The molecule has 0 radical (unpaired) electrons. The third kappa shape index (κ3) is 3.81. The maximum absolute atomic E-state index is 12.3. The first-order chi connectivity index (χ1) is 7.77. The molecule has 0 bridgehead atoms. The molecule has 1 aromatic heterocycles. The summed E-state index contributed by atoms with van der Waals surface area (Å²) < 4.78 is 59.9. The Morgan fingerprint density at radius 3 is 2.53 bits per heavy atom. The second kappa shape index (κ2) is 5.18. The van der Waals surface area contributed by atoms with Crippen molar-refractivity contribution in [1.82, 2.24) is 9.97 Å². The van der Waals surface area contributed by atoms with Crippen LogP contribution in [0.4, 0.5) is 13.2 Å². The number of nitrogens with zero attached hydrogens (tertiary/aromatic N) is 2. The highest BCUT2D eigenvalue weighted by atomic mass is 35.5. The van der Waals surface area contributed by atoms with Gasteiger partial charge in [-0.2, -0.15) is 13.2 Å². The quantitative estimate of drug-likeness (QED) is 0.627. The standard InChI is InChI=1S/C8H8ClF3N2O2S/c9-3-1-5-17(15,16)7-13-4-2-6(14-7)8(10,11)12/h2,4H,1,3,5H2. The Balaban J connectivity index is 3.08. The van der Waals surface area contributed by atoms with Crippen LogP contribution in [-0.4, -0.2) is 30.0 Å². The van der Waals surface area contributed by atoms with E-state index < -0.39 is 26.9 Å². The number of aromatic nitrogens is 2. The summed E-state index contributed by atoms with van der Waals surface area (Å²) in [5.41, 5.74) is -1.28. The lowest BCUT2D eigenvalue weighted by Crippen LogP contribution is -2.15. The first-order valence-electron chi connectivity index (χ1n) is 4.46. The van der Waals surface area contributed by atoms with Gasteiger partial charge in [0.25, 0.3) is 0 Å². The lowest BCUT2D eigenvalue weighted by Gasteiger charge is -2.06. The van der Waals surface area contributed by atoms with Gasteiger partial charge >= 0.3 is 6.18 Å². The van der Waals surface area contributed by atoms with Crippen molar-refractivity contribution in [1.29, 1.82) is 0 Å². The molecule has 17 heavy (non-hydrogen) atoms. The molecule has 9 heteroatoms. The van der Waals surface area contributed by atoms with Gasteiger partial charge in [-0.25, -0.2) is 18.4 Å². The largest absolute Gasteiger partial charge is 0.433 e. The van der Waals surface area contributed by atoms with Crippen LogP contribution in [0.1, 0.15) is 12.1 Å². The Labute approximate surface area is 101 Å². The maximum Gasteiger partial charge on any atom is 0.433 e. The lowest BCUT2D eigenvalue weighted by molar-refractivity contribution is -0.141. The normalized spacial score (nSPS) is 12.7. The van der Waals surface area contributed by atoms with Gasteiger partial charge in [-0.15, -0.1) is 11.6 Å². The molecule has 1 heterocycles. The first-order valence-corrected chi connectivity index (χ1v) is 6.65. The van der Waals surface area contributed by atoms with Gasteiger partial charge < -0.3 is 0 Å². The van der Waals surface area contributed by atoms with Gasteiger partial charge in [0.15, 0.2) is 0 Å². The van der Waals surface area contributed by atoms with Crippen molar-refractivity contribution in [3.8, 4) is 0 Å². The van der Waals surface area contributed by atoms with Crippen LogP contribution < -0.4 is 0 Å². The van der Waals surface area contributed by atoms with E-state index >= 15 is 0 Å². The average Bonchev–Trinajstić information content (AvgIpc) is 2.25. The van der Waals surface area contributed by atoms with Crippen LogP contribution in [0.25, 0.3) is 0 Å². The maximum atomic E-state index is 12.3. The molecule has 0 aliphatic carbocycles. The topological polar surface area (TPSA) is 59.9 Å². The van der Waals surface area contributed by atoms with Gasteiger partial charge in [0.05, 0.1) is 5.75 Å². The summed E-state index contributed by atoms with van der Waals surface area (Å²) in [6.07, 6.45) is -3.80. The van der Waals surface area contributed by atoms with Gasteiger partial charge in [-0.3, -0.25) is 0 Å². The fourth-order valence-electron chi connectivity index (χ4n) is 0.984. The van der Waals surface area contributed by atoms with Crippen molar-refractivity contribution in [2.75, 3.05) is 11.6 Å². The lowest BCUT2D eigenvalue weighted by atomic mass is 10.4. The summed E-state index contributed by atoms with van der Waals surface area (Å²) >= 11 is 5.31. The first kappa shape index (κ1) is 14.2. The highest BCUT2D eigenvalue weighted by Crippen LogP contribution is 2.27. The van der Waals surface area contributed by atoms with E-state index in [1.165, 1.54) is 0 Å². The van der Waals surface area contributed by atoms with E-state index in [1.54, 1.807) is 0 Å². The zero-order chi connectivity index (χ0) is 13.1. The van der Waals surface area contributed by atoms with Crippen molar-refractivity contribution in [3.63, 3.8) is 0 Å². The molecular formula is C8H8ClF3N2O2S. The van der Waals surface area contributed by atoms with Crippen molar-refractivity contribution >= 4 is 21.4 Å². The minimum Gasteiger partial charge on any atom is -0.227 e. The summed E-state index contributed by atoms with van der Waals surface area (Å²) in [5, 5.41) is -0.822. The van der Waals surface area contributed by atoms with Crippen LogP contribution in [0.3, 0.4) is 0 Å². The van der Waals surface area contributed by atoms with Crippen LogP contribution in [0.15, 0.2) is 17.4 Å². The van der Waals surface area contributed by atoms with Crippen LogP contribution in [-0.2, 0) is 16.0 Å². The number of hydrogen-bond donors (Lipinski definition) is 0. The smallest absolute Gasteiger partial charge is 0.227 e. The molecule has 0 atom stereocenters. The fraction of sp³-hybridized carbons (Fsp3) is 0.500. The third-order valence-electron chi connectivity index (χ3n) is 1.75. The van der Waals surface area contributed by atoms with E-state index in [-0.39, 0.29) is 18.1 Å². The van der Waals surface area contributed by atoms with E-state index in [0.29, 0.717) is 6.07 Å². The highest BCUT2D eigenvalue weighted by Gasteiger charge is 2.34. The van der Waals surface area contributed by atoms with Gasteiger partial charge in [-0.1, -0.05) is 0 Å². The van der Waals surface area contributed by atoms with Gasteiger partial charge in [0.1, 0.15) is 5.69 Å². The zero-order valence-electron chi connectivity index (χ0n) is 8.41. The molecule has 0 fully saturated rings. The number of sulfone groups is 1. The highest BCUT2D eigenvalue weighted by molar-refractivity contribution is 7.91. The molecule has 0 saturated heterocycles. The van der Waals surface area contributed by atoms with Gasteiger partial charge in [0.2, 0.25) is 15.0 Å². The monoisotopic (exact) mass is 288 g/mol. The Hall–Kier alpha value is -0.890. The van der Waals surface area contributed by atoms with E-state index in [0.717, 1.165) is 6.20 Å². The fourth-order valence-corrected chi connectivity index (χ4v) is 2.44. The SMILES string of the molecule is O=S(=O)(CCCCl)c1nccc(C(F)(F)F)n1. The van der Waals surface area contributed by atoms with Crippen molar-refractivity contribution in [2.45, 2.75) is 17.8 Å². The van der Waals surface area contributed by atoms with Crippen molar-refractivity contribution < 1.29 is 21.6 Å². The summed E-state index contributed by atoms with van der Waals surface area (Å²) in [4.78, 5) is 6.34. The number of halogens is 4. The van der Waals surface area contributed by atoms with Crippen molar-refractivity contribution in [2.24, 2.45) is 0 Å². The zero-order valence-corrected chi connectivity index (χ0v) is 9.98. The molecular weight excluding hydrogens is 281 g/mol. The predicted octanol–water partition coefficient (Wildman–Crippen LogP) is 1.90. The van der Waals surface area contributed by atoms with E-state index in [4.69, 9.17) is 11.6 Å². The molecule has 0 aromatic carbocycles. The Morgan fingerprint density at radius 2 is 2.00 bits per heavy atom. The van der Waals surface area contributed by atoms with Crippen LogP contribution >= 0.6 is 11.6 Å². The molecule has 1 aromatic rings. The molecule has 0 saturated carbocycles. The third-order valence-corrected chi connectivity index (χ3v) is 3.60. The van der Waals surface area contributed by atoms with E-state index in [1.807, 2.05) is 0 Å². The van der Waals surface area contributed by atoms with Crippen molar-refractivity contribution in [3.05, 3.63) is 18.0 Å². The summed E-state index contributed by atoms with van der Waals surface area (Å²) in [7, 11) is -3.91. The average molecular weight is 289 g/mol. The minimum atomic E-state index is -4.69. The molecule has 0 N–H and O–H groups in total. The van der Waals surface area contributed by atoms with Gasteiger partial charge in [-0.05, 0) is 12.5 Å². The molecule has 0 spiro atoms. The number of rotatable bonds is 4. The van der Waals surface area contributed by atoms with E-state index in [9.17, 15) is 21.6 Å².